The van der Waals surface area contributed by atoms with Crippen LogP contribution in [0, 0.1) is 0 Å². The first-order valence-corrected chi connectivity index (χ1v) is 10.9. The van der Waals surface area contributed by atoms with Crippen LogP contribution in [0.1, 0.15) is 12.5 Å². The largest absolute Gasteiger partial charge is 0.496 e. The molecule has 0 bridgehead atoms. The average molecular weight is 478 g/mol. The predicted octanol–water partition coefficient (Wildman–Crippen LogP) is 6.82. The van der Waals surface area contributed by atoms with Crippen LogP contribution >= 0.6 is 11.6 Å². The molecular weight excluding hydrogens is 454 g/mol. The fraction of sp³-hybridized carbons (Fsp3) is 0.148. The number of carbonyl (C=O) groups excluding carboxylic acids is 1. The van der Waals surface area contributed by atoms with Gasteiger partial charge in [0.1, 0.15) is 11.3 Å². The van der Waals surface area contributed by atoms with Crippen molar-refractivity contribution in [3.8, 4) is 28.4 Å². The summed E-state index contributed by atoms with van der Waals surface area (Å²) < 4.78 is 22.2. The molecule has 0 spiro atoms. The number of hydrogen-bond acceptors (Lipinski definition) is 5. The van der Waals surface area contributed by atoms with E-state index >= 15 is 0 Å². The minimum atomic E-state index is -0.269. The van der Waals surface area contributed by atoms with E-state index in [4.69, 9.17) is 30.2 Å². The summed E-state index contributed by atoms with van der Waals surface area (Å²) in [5.41, 5.74) is 4.59. The SMILES string of the molecule is COc1ccc(-c2coc3cc(OC)c(/C(C)=C/C(=O)Nc4cccc(Cl)c4)cc23)cc1OC. The zero-order valence-electron chi connectivity index (χ0n) is 19.3. The first-order chi connectivity index (χ1) is 16.4. The van der Waals surface area contributed by atoms with Gasteiger partial charge >= 0.3 is 0 Å². The number of fused-ring (bicyclic) bond motifs is 1. The average Bonchev–Trinajstić information content (AvgIpc) is 3.25. The fourth-order valence-electron chi connectivity index (χ4n) is 3.78. The van der Waals surface area contributed by atoms with E-state index in [-0.39, 0.29) is 5.91 Å². The summed E-state index contributed by atoms with van der Waals surface area (Å²) in [4.78, 5) is 12.6. The van der Waals surface area contributed by atoms with Crippen LogP contribution in [-0.2, 0) is 4.79 Å². The standard InChI is InChI=1S/C27H24ClNO5/c1-16(10-27(30)29-19-7-5-6-18(28)12-19)20-13-21-22(15-34-25(21)14-24(20)32-3)17-8-9-23(31-2)26(11-17)33-4/h5-15H,1-4H3,(H,29,30)/b16-10+. The molecule has 1 aromatic heterocycles. The normalized spacial score (nSPS) is 11.4. The Bertz CT molecular complexity index is 1390. The number of anilines is 1. The number of halogens is 1. The Balaban J connectivity index is 1.73. The maximum absolute atomic E-state index is 12.6. The number of furan rings is 1. The van der Waals surface area contributed by atoms with Gasteiger partial charge in [0.25, 0.3) is 0 Å². The number of amides is 1. The smallest absolute Gasteiger partial charge is 0.248 e. The monoisotopic (exact) mass is 477 g/mol. The third kappa shape index (κ3) is 4.72. The lowest BCUT2D eigenvalue weighted by atomic mass is 9.99. The third-order valence-corrected chi connectivity index (χ3v) is 5.69. The topological polar surface area (TPSA) is 69.9 Å². The molecule has 3 aromatic carbocycles. The molecule has 174 valence electrons. The van der Waals surface area contributed by atoms with Crippen molar-refractivity contribution in [2.75, 3.05) is 26.6 Å². The van der Waals surface area contributed by atoms with Gasteiger partial charge in [-0.25, -0.2) is 0 Å². The number of allylic oxidation sites excluding steroid dienone is 1. The van der Waals surface area contributed by atoms with E-state index in [9.17, 15) is 4.79 Å². The van der Waals surface area contributed by atoms with Crippen LogP contribution in [0.3, 0.4) is 0 Å². The second-order valence-electron chi connectivity index (χ2n) is 7.59. The Morgan fingerprint density at radius 2 is 1.71 bits per heavy atom. The number of rotatable bonds is 7. The molecule has 7 heteroatoms. The molecule has 0 fully saturated rings. The zero-order chi connectivity index (χ0) is 24.2. The van der Waals surface area contributed by atoms with Crippen LogP contribution < -0.4 is 19.5 Å². The molecule has 0 aliphatic heterocycles. The van der Waals surface area contributed by atoms with Crippen molar-refractivity contribution in [3.05, 3.63) is 77.5 Å². The summed E-state index contributed by atoms with van der Waals surface area (Å²) in [7, 11) is 4.78. The Kier molecular flexibility index (Phi) is 6.80. The Morgan fingerprint density at radius 1 is 0.941 bits per heavy atom. The molecule has 4 rings (SSSR count). The number of ether oxygens (including phenoxy) is 3. The Morgan fingerprint density at radius 3 is 2.41 bits per heavy atom. The Labute approximate surface area is 202 Å². The molecular formula is C27H24ClNO5. The summed E-state index contributed by atoms with van der Waals surface area (Å²) in [6.07, 6.45) is 3.22. The van der Waals surface area contributed by atoms with E-state index in [1.54, 1.807) is 51.9 Å². The minimum Gasteiger partial charge on any atom is -0.496 e. The Hall–Kier alpha value is -3.90. The number of benzene rings is 3. The van der Waals surface area contributed by atoms with Gasteiger partial charge in [-0.1, -0.05) is 23.7 Å². The quantitative estimate of drug-likeness (QED) is 0.296. The van der Waals surface area contributed by atoms with Crippen molar-refractivity contribution in [1.29, 1.82) is 0 Å². The van der Waals surface area contributed by atoms with Crippen molar-refractivity contribution in [2.24, 2.45) is 0 Å². The summed E-state index contributed by atoms with van der Waals surface area (Å²) >= 11 is 6.01. The van der Waals surface area contributed by atoms with E-state index in [2.05, 4.69) is 5.32 Å². The van der Waals surface area contributed by atoms with Crippen molar-refractivity contribution >= 4 is 39.7 Å². The molecule has 6 nitrogen and oxygen atoms in total. The lowest BCUT2D eigenvalue weighted by Crippen LogP contribution is -2.08. The highest BCUT2D eigenvalue weighted by atomic mass is 35.5. The summed E-state index contributed by atoms with van der Waals surface area (Å²) in [6.45, 7) is 1.86. The van der Waals surface area contributed by atoms with Gasteiger partial charge in [-0.05, 0) is 54.5 Å². The van der Waals surface area contributed by atoms with Crippen LogP contribution in [0.25, 0.3) is 27.7 Å². The van der Waals surface area contributed by atoms with Gasteiger partial charge in [-0.3, -0.25) is 4.79 Å². The van der Waals surface area contributed by atoms with Crippen LogP contribution in [0.5, 0.6) is 17.2 Å². The van der Waals surface area contributed by atoms with E-state index in [0.29, 0.717) is 33.5 Å². The predicted molar refractivity (Wildman–Crippen MR) is 135 cm³/mol. The second-order valence-corrected chi connectivity index (χ2v) is 8.03. The summed E-state index contributed by atoms with van der Waals surface area (Å²) in [5.74, 6) is 1.60. The maximum Gasteiger partial charge on any atom is 0.248 e. The molecule has 0 radical (unpaired) electrons. The number of carbonyl (C=O) groups is 1. The summed E-state index contributed by atoms with van der Waals surface area (Å²) in [5, 5.41) is 4.26. The maximum atomic E-state index is 12.6. The zero-order valence-corrected chi connectivity index (χ0v) is 20.0. The summed E-state index contributed by atoms with van der Waals surface area (Å²) in [6, 6.07) is 16.5. The molecule has 0 saturated heterocycles. The molecule has 4 aromatic rings. The van der Waals surface area contributed by atoms with Gasteiger partial charge in [0.05, 0.1) is 27.6 Å². The van der Waals surface area contributed by atoms with Gasteiger partial charge in [0, 0.05) is 39.4 Å². The molecule has 0 saturated carbocycles. The van der Waals surface area contributed by atoms with Gasteiger partial charge < -0.3 is 23.9 Å². The molecule has 0 aliphatic carbocycles. The molecule has 1 heterocycles. The van der Waals surface area contributed by atoms with Crippen molar-refractivity contribution in [3.63, 3.8) is 0 Å². The molecule has 1 N–H and O–H groups in total. The third-order valence-electron chi connectivity index (χ3n) is 5.45. The number of hydrogen-bond donors (Lipinski definition) is 1. The lowest BCUT2D eigenvalue weighted by molar-refractivity contribution is -0.111. The van der Waals surface area contributed by atoms with Gasteiger partial charge in [0.2, 0.25) is 5.91 Å². The highest BCUT2D eigenvalue weighted by molar-refractivity contribution is 6.31. The molecule has 0 aliphatic rings. The highest BCUT2D eigenvalue weighted by Crippen LogP contribution is 2.39. The first-order valence-electron chi connectivity index (χ1n) is 10.5. The van der Waals surface area contributed by atoms with Crippen molar-refractivity contribution in [2.45, 2.75) is 6.92 Å². The molecule has 0 unspecified atom stereocenters. The van der Waals surface area contributed by atoms with Crippen LogP contribution in [0.15, 0.2) is 71.4 Å². The molecule has 0 atom stereocenters. The van der Waals surface area contributed by atoms with Crippen LogP contribution in [0.2, 0.25) is 5.02 Å². The van der Waals surface area contributed by atoms with E-state index in [0.717, 1.165) is 27.6 Å². The van der Waals surface area contributed by atoms with Gasteiger partial charge in [0.15, 0.2) is 11.5 Å². The molecule has 34 heavy (non-hydrogen) atoms. The van der Waals surface area contributed by atoms with E-state index < -0.39 is 0 Å². The lowest BCUT2D eigenvalue weighted by Gasteiger charge is -2.11. The molecule has 1 amide bonds. The van der Waals surface area contributed by atoms with Crippen LogP contribution in [0.4, 0.5) is 5.69 Å². The van der Waals surface area contributed by atoms with E-state index in [1.165, 1.54) is 6.08 Å². The van der Waals surface area contributed by atoms with Crippen LogP contribution in [-0.4, -0.2) is 27.2 Å². The minimum absolute atomic E-state index is 0.269. The second kappa shape index (κ2) is 9.93. The first kappa shape index (κ1) is 23.3. The van der Waals surface area contributed by atoms with Crippen molar-refractivity contribution in [1.82, 2.24) is 0 Å². The fourth-order valence-corrected chi connectivity index (χ4v) is 3.97. The van der Waals surface area contributed by atoms with Crippen molar-refractivity contribution < 1.29 is 23.4 Å². The number of methoxy groups -OCH3 is 3. The highest BCUT2D eigenvalue weighted by Gasteiger charge is 2.16. The van der Waals surface area contributed by atoms with E-state index in [1.807, 2.05) is 37.3 Å². The van der Waals surface area contributed by atoms with Gasteiger partial charge in [-0.2, -0.15) is 0 Å². The number of nitrogens with one attached hydrogen (secondary N) is 1. The van der Waals surface area contributed by atoms with Gasteiger partial charge in [-0.15, -0.1) is 0 Å².